The van der Waals surface area contributed by atoms with Crippen molar-refractivity contribution in [3.8, 4) is 0 Å². The molecule has 0 bridgehead atoms. The summed E-state index contributed by atoms with van der Waals surface area (Å²) in [7, 11) is -3.65. The van der Waals surface area contributed by atoms with Gasteiger partial charge in [0, 0.05) is 15.1 Å². The third-order valence-corrected chi connectivity index (χ3v) is 5.19. The van der Waals surface area contributed by atoms with Gasteiger partial charge in [-0.1, -0.05) is 12.1 Å². The zero-order valence-corrected chi connectivity index (χ0v) is 13.9. The summed E-state index contributed by atoms with van der Waals surface area (Å²) in [6.07, 6.45) is 1.55. The van der Waals surface area contributed by atoms with Crippen molar-refractivity contribution in [3.05, 3.63) is 51.0 Å². The number of sulfonamides is 1. The van der Waals surface area contributed by atoms with E-state index in [1.54, 1.807) is 37.4 Å². The van der Waals surface area contributed by atoms with Crippen molar-refractivity contribution in [1.82, 2.24) is 4.98 Å². The van der Waals surface area contributed by atoms with Crippen LogP contribution in [-0.4, -0.2) is 13.4 Å². The predicted molar refractivity (Wildman–Crippen MR) is 81.6 cm³/mol. The molecule has 1 heterocycles. The zero-order valence-electron chi connectivity index (χ0n) is 9.89. The maximum absolute atomic E-state index is 12.3. The van der Waals surface area contributed by atoms with Gasteiger partial charge in [0.05, 0.1) is 0 Å². The second-order valence-corrected chi connectivity index (χ2v) is 7.28. The first-order valence-electron chi connectivity index (χ1n) is 5.29. The SMILES string of the molecule is Cc1cc(Br)cnc1NS(=O)(=O)c1ccccc1Br. The van der Waals surface area contributed by atoms with Crippen LogP contribution in [0.5, 0.6) is 0 Å². The Bertz CT molecular complexity index is 717. The van der Waals surface area contributed by atoms with E-state index in [1.807, 2.05) is 0 Å². The van der Waals surface area contributed by atoms with Crippen LogP contribution in [0.2, 0.25) is 0 Å². The molecule has 0 fully saturated rings. The molecule has 100 valence electrons. The van der Waals surface area contributed by atoms with Gasteiger partial charge >= 0.3 is 0 Å². The van der Waals surface area contributed by atoms with Crippen LogP contribution in [-0.2, 0) is 10.0 Å². The van der Waals surface area contributed by atoms with Crippen molar-refractivity contribution in [1.29, 1.82) is 0 Å². The van der Waals surface area contributed by atoms with E-state index in [2.05, 4.69) is 41.6 Å². The number of halogens is 2. The second kappa shape index (κ2) is 5.60. The van der Waals surface area contributed by atoms with Crippen LogP contribution in [0, 0.1) is 6.92 Å². The van der Waals surface area contributed by atoms with E-state index in [1.165, 1.54) is 6.07 Å². The smallest absolute Gasteiger partial charge is 0.263 e. The van der Waals surface area contributed by atoms with Crippen LogP contribution < -0.4 is 4.72 Å². The number of hydrogen-bond donors (Lipinski definition) is 1. The molecule has 0 aliphatic carbocycles. The molecule has 0 saturated heterocycles. The molecule has 4 nitrogen and oxygen atoms in total. The first-order valence-corrected chi connectivity index (χ1v) is 8.36. The Morgan fingerprint density at radius 2 is 1.89 bits per heavy atom. The maximum atomic E-state index is 12.3. The molecule has 0 spiro atoms. The Kier molecular flexibility index (Phi) is 4.27. The zero-order chi connectivity index (χ0) is 14.0. The Morgan fingerprint density at radius 1 is 1.21 bits per heavy atom. The Hall–Kier alpha value is -0.920. The summed E-state index contributed by atoms with van der Waals surface area (Å²) in [5, 5.41) is 0. The van der Waals surface area contributed by atoms with Crippen molar-refractivity contribution in [2.24, 2.45) is 0 Å². The Balaban J connectivity index is 2.40. The number of nitrogens with one attached hydrogen (secondary N) is 1. The van der Waals surface area contributed by atoms with Crippen LogP contribution in [0.15, 0.2) is 50.4 Å². The molecule has 7 heteroatoms. The average molecular weight is 406 g/mol. The van der Waals surface area contributed by atoms with Gasteiger partial charge in [-0.3, -0.25) is 4.72 Å². The lowest BCUT2D eigenvalue weighted by atomic mass is 10.3. The van der Waals surface area contributed by atoms with E-state index in [0.717, 1.165) is 10.0 Å². The maximum Gasteiger partial charge on any atom is 0.264 e. The van der Waals surface area contributed by atoms with Gasteiger partial charge in [-0.2, -0.15) is 0 Å². The number of pyridine rings is 1. The highest BCUT2D eigenvalue weighted by atomic mass is 79.9. The molecule has 0 aliphatic heterocycles. The summed E-state index contributed by atoms with van der Waals surface area (Å²) in [6, 6.07) is 8.43. The molecular formula is C12H10Br2N2O2S. The van der Waals surface area contributed by atoms with Crippen LogP contribution in [0.3, 0.4) is 0 Å². The molecule has 1 N–H and O–H groups in total. The Labute approximate surface area is 128 Å². The lowest BCUT2D eigenvalue weighted by Gasteiger charge is -2.10. The van der Waals surface area contributed by atoms with Crippen molar-refractivity contribution < 1.29 is 8.42 Å². The van der Waals surface area contributed by atoms with E-state index in [4.69, 9.17) is 0 Å². The molecule has 0 amide bonds. The van der Waals surface area contributed by atoms with Crippen molar-refractivity contribution in [2.45, 2.75) is 11.8 Å². The third kappa shape index (κ3) is 3.34. The summed E-state index contributed by atoms with van der Waals surface area (Å²) in [5.41, 5.74) is 0.741. The lowest BCUT2D eigenvalue weighted by Crippen LogP contribution is -2.15. The van der Waals surface area contributed by atoms with Crippen molar-refractivity contribution >= 4 is 47.7 Å². The van der Waals surface area contributed by atoms with Gasteiger partial charge in [-0.05, 0) is 62.5 Å². The first-order chi connectivity index (χ1) is 8.90. The van der Waals surface area contributed by atoms with E-state index in [9.17, 15) is 8.42 Å². The van der Waals surface area contributed by atoms with Gasteiger partial charge in [0.1, 0.15) is 10.7 Å². The molecule has 1 aromatic carbocycles. The summed E-state index contributed by atoms with van der Waals surface area (Å²) in [4.78, 5) is 4.25. The normalized spacial score (nSPS) is 11.3. The van der Waals surface area contributed by atoms with E-state index < -0.39 is 10.0 Å². The molecule has 0 unspecified atom stereocenters. The highest BCUT2D eigenvalue weighted by Gasteiger charge is 2.18. The van der Waals surface area contributed by atoms with Crippen molar-refractivity contribution in [2.75, 3.05) is 4.72 Å². The van der Waals surface area contributed by atoms with Crippen LogP contribution >= 0.6 is 31.9 Å². The third-order valence-electron chi connectivity index (χ3n) is 2.40. The summed E-state index contributed by atoms with van der Waals surface area (Å²) < 4.78 is 28.3. The van der Waals surface area contributed by atoms with E-state index in [0.29, 0.717) is 10.3 Å². The molecule has 19 heavy (non-hydrogen) atoms. The van der Waals surface area contributed by atoms with Gasteiger partial charge in [0.15, 0.2) is 0 Å². The minimum atomic E-state index is -3.65. The summed E-state index contributed by atoms with van der Waals surface area (Å²) in [5.74, 6) is 0.318. The first kappa shape index (κ1) is 14.5. The largest absolute Gasteiger partial charge is 0.264 e. The highest BCUT2D eigenvalue weighted by molar-refractivity contribution is 9.10. The van der Waals surface area contributed by atoms with E-state index in [-0.39, 0.29) is 4.90 Å². The summed E-state index contributed by atoms with van der Waals surface area (Å²) >= 11 is 6.51. The fourth-order valence-electron chi connectivity index (χ4n) is 1.49. The number of nitrogens with zero attached hydrogens (tertiary/aromatic N) is 1. The molecule has 0 saturated carbocycles. The molecular weight excluding hydrogens is 396 g/mol. The number of rotatable bonds is 3. The molecule has 0 atom stereocenters. The van der Waals surface area contributed by atoms with Gasteiger partial charge in [-0.25, -0.2) is 13.4 Å². The van der Waals surface area contributed by atoms with Gasteiger partial charge < -0.3 is 0 Å². The fraction of sp³-hybridized carbons (Fsp3) is 0.0833. The lowest BCUT2D eigenvalue weighted by molar-refractivity contribution is 0.600. The standard InChI is InChI=1S/C12H10Br2N2O2S/c1-8-6-9(13)7-15-12(8)16-19(17,18)11-5-3-2-4-10(11)14/h2-7H,1H3,(H,15,16). The number of aryl methyl sites for hydroxylation is 1. The summed E-state index contributed by atoms with van der Waals surface area (Å²) in [6.45, 7) is 1.79. The molecule has 0 aliphatic rings. The second-order valence-electron chi connectivity index (χ2n) is 3.85. The van der Waals surface area contributed by atoms with Crippen LogP contribution in [0.25, 0.3) is 0 Å². The topological polar surface area (TPSA) is 59.1 Å². The van der Waals surface area contributed by atoms with Gasteiger partial charge in [0.25, 0.3) is 10.0 Å². The predicted octanol–water partition coefficient (Wildman–Crippen LogP) is 3.72. The monoisotopic (exact) mass is 404 g/mol. The number of hydrogen-bond acceptors (Lipinski definition) is 3. The van der Waals surface area contributed by atoms with Crippen LogP contribution in [0.1, 0.15) is 5.56 Å². The molecule has 1 aromatic heterocycles. The van der Waals surface area contributed by atoms with Crippen molar-refractivity contribution in [3.63, 3.8) is 0 Å². The average Bonchev–Trinajstić information content (AvgIpc) is 2.33. The highest BCUT2D eigenvalue weighted by Crippen LogP contribution is 2.25. The number of anilines is 1. The van der Waals surface area contributed by atoms with Gasteiger partial charge in [0.2, 0.25) is 0 Å². The Morgan fingerprint density at radius 3 is 2.53 bits per heavy atom. The van der Waals surface area contributed by atoms with E-state index >= 15 is 0 Å². The van der Waals surface area contributed by atoms with Gasteiger partial charge in [-0.15, -0.1) is 0 Å². The fourth-order valence-corrected chi connectivity index (χ4v) is 4.02. The minimum Gasteiger partial charge on any atom is -0.263 e. The molecule has 2 aromatic rings. The quantitative estimate of drug-likeness (QED) is 0.846. The number of benzene rings is 1. The minimum absolute atomic E-state index is 0.180. The molecule has 0 radical (unpaired) electrons. The van der Waals surface area contributed by atoms with Crippen LogP contribution in [0.4, 0.5) is 5.82 Å². The molecule has 2 rings (SSSR count). The number of aromatic nitrogens is 1.